The Morgan fingerprint density at radius 1 is 1.00 bits per heavy atom. The highest BCUT2D eigenvalue weighted by Gasteiger charge is 2.21. The van der Waals surface area contributed by atoms with Crippen LogP contribution in [-0.2, 0) is 6.54 Å². The minimum Gasteiger partial charge on any atom is -0.507 e. The average Bonchev–Trinajstić information content (AvgIpc) is 2.73. The predicted octanol–water partition coefficient (Wildman–Crippen LogP) is 2.62. The van der Waals surface area contributed by atoms with E-state index in [2.05, 4.69) is 0 Å². The Kier molecular flexibility index (Phi) is 4.43. The normalized spacial score (nSPS) is 12.6. The second-order valence-electron chi connectivity index (χ2n) is 6.90. The Bertz CT molecular complexity index is 1360. The molecule has 0 atom stereocenters. The quantitative estimate of drug-likeness (QED) is 0.578. The molecule has 0 aromatic heterocycles. The van der Waals surface area contributed by atoms with Crippen LogP contribution >= 0.6 is 0 Å². The monoisotopic (exact) mass is 372 g/mol. The van der Waals surface area contributed by atoms with Gasteiger partial charge < -0.3 is 5.11 Å². The first-order valence-electron chi connectivity index (χ1n) is 9.33. The lowest BCUT2D eigenvalue weighted by Gasteiger charge is -2.15. The first-order valence-corrected chi connectivity index (χ1v) is 9.33. The number of nitrogens with zero attached hydrogens (tertiary/aromatic N) is 1. The van der Waals surface area contributed by atoms with E-state index in [4.69, 9.17) is 5.41 Å². The van der Waals surface area contributed by atoms with Crippen molar-refractivity contribution in [3.8, 4) is 11.1 Å². The number of aliphatic hydroxyl groups is 1. The van der Waals surface area contributed by atoms with Crippen LogP contribution in [0, 0.1) is 5.41 Å². The van der Waals surface area contributed by atoms with Crippen LogP contribution in [-0.4, -0.2) is 9.67 Å². The van der Waals surface area contributed by atoms with Gasteiger partial charge in [-0.05, 0) is 18.6 Å². The summed E-state index contributed by atoms with van der Waals surface area (Å²) in [6.45, 7) is 2.36. The highest BCUT2D eigenvalue weighted by molar-refractivity contribution is 5.96. The molecule has 0 saturated heterocycles. The molecule has 5 nitrogen and oxygen atoms in total. The number of unbranched alkanes of at least 4 members (excludes halogenated alkanes) is 1. The lowest BCUT2D eigenvalue weighted by molar-refractivity contribution is 0.507. The molecule has 2 aromatic carbocycles. The number of hydrogen-bond acceptors (Lipinski definition) is 4. The Hall–Kier alpha value is -3.47. The molecule has 4 rings (SSSR count). The van der Waals surface area contributed by atoms with Crippen molar-refractivity contribution in [1.82, 2.24) is 4.57 Å². The minimum atomic E-state index is -0.371. The van der Waals surface area contributed by atoms with Gasteiger partial charge in [-0.3, -0.25) is 19.6 Å². The number of aromatic nitrogens is 1. The third kappa shape index (κ3) is 2.67. The second-order valence-corrected chi connectivity index (χ2v) is 6.90. The van der Waals surface area contributed by atoms with Crippen LogP contribution in [0.25, 0.3) is 27.7 Å². The summed E-state index contributed by atoms with van der Waals surface area (Å²) in [5.74, 6) is -0.0565. The van der Waals surface area contributed by atoms with Gasteiger partial charge in [0.25, 0.3) is 11.1 Å². The third-order valence-electron chi connectivity index (χ3n) is 5.15. The minimum absolute atomic E-state index is 0.0565. The molecule has 1 heterocycles. The van der Waals surface area contributed by atoms with E-state index in [0.29, 0.717) is 34.0 Å². The van der Waals surface area contributed by atoms with E-state index >= 15 is 0 Å². The number of nitrogens with one attached hydrogen (secondary N) is 1. The van der Waals surface area contributed by atoms with E-state index in [1.807, 2.05) is 13.0 Å². The first-order chi connectivity index (χ1) is 13.5. The summed E-state index contributed by atoms with van der Waals surface area (Å²) in [5.41, 5.74) is 0.736. The van der Waals surface area contributed by atoms with E-state index in [1.54, 1.807) is 48.5 Å². The predicted molar refractivity (Wildman–Crippen MR) is 110 cm³/mol. The van der Waals surface area contributed by atoms with Crippen molar-refractivity contribution in [3.05, 3.63) is 91.4 Å². The summed E-state index contributed by atoms with van der Waals surface area (Å²) < 4.78 is 1.27. The summed E-state index contributed by atoms with van der Waals surface area (Å²) in [6, 6.07) is 15.6. The Morgan fingerprint density at radius 3 is 2.43 bits per heavy atom. The maximum absolute atomic E-state index is 13.1. The van der Waals surface area contributed by atoms with Crippen LogP contribution in [0.2, 0.25) is 0 Å². The second kappa shape index (κ2) is 6.93. The fourth-order valence-electron chi connectivity index (χ4n) is 3.67. The zero-order chi connectivity index (χ0) is 19.8. The lowest BCUT2D eigenvalue weighted by Crippen LogP contribution is -2.38. The van der Waals surface area contributed by atoms with Gasteiger partial charge in [-0.1, -0.05) is 55.8 Å². The fourth-order valence-corrected chi connectivity index (χ4v) is 3.67. The van der Waals surface area contributed by atoms with Gasteiger partial charge in [0.05, 0.1) is 5.36 Å². The van der Waals surface area contributed by atoms with Crippen molar-refractivity contribution in [3.63, 3.8) is 0 Å². The summed E-state index contributed by atoms with van der Waals surface area (Å²) in [7, 11) is 0. The molecule has 0 spiro atoms. The molecule has 2 aliphatic rings. The van der Waals surface area contributed by atoms with Crippen LogP contribution in [0.5, 0.6) is 0 Å². The molecule has 1 aliphatic heterocycles. The van der Waals surface area contributed by atoms with Crippen LogP contribution in [0.4, 0.5) is 0 Å². The molecule has 140 valence electrons. The van der Waals surface area contributed by atoms with Crippen molar-refractivity contribution < 1.29 is 5.11 Å². The van der Waals surface area contributed by atoms with Gasteiger partial charge >= 0.3 is 0 Å². The molecule has 0 saturated carbocycles. The molecule has 0 unspecified atom stereocenters. The molecule has 2 N–H and O–H groups in total. The molecule has 0 amide bonds. The average molecular weight is 372 g/mol. The smallest absolute Gasteiger partial charge is 0.261 e. The molecule has 28 heavy (non-hydrogen) atoms. The van der Waals surface area contributed by atoms with E-state index in [0.717, 1.165) is 12.8 Å². The van der Waals surface area contributed by atoms with Crippen molar-refractivity contribution in [2.24, 2.45) is 0 Å². The number of pyridine rings is 1. The standard InChI is InChI=1S/C23H20N2O3/c1-2-3-12-25-22(27)16-11-7-10-15-19(16)17(23(25)28)13-18(20(15)24)21(26)14-8-5-4-6-9-14/h4-11,13,24,26H,2-3,12H2,1H3/b21-18-,24-20?. The Morgan fingerprint density at radius 2 is 1.71 bits per heavy atom. The van der Waals surface area contributed by atoms with Crippen molar-refractivity contribution in [2.75, 3.05) is 0 Å². The number of hydrogen-bond donors (Lipinski definition) is 2. The third-order valence-corrected chi connectivity index (χ3v) is 5.15. The summed E-state index contributed by atoms with van der Waals surface area (Å²) in [4.78, 5) is 26.0. The first kappa shape index (κ1) is 17.9. The molecule has 0 fully saturated rings. The molecular weight excluding hydrogens is 352 g/mol. The van der Waals surface area contributed by atoms with E-state index < -0.39 is 0 Å². The zero-order valence-electron chi connectivity index (χ0n) is 15.5. The number of benzene rings is 3. The van der Waals surface area contributed by atoms with Gasteiger partial charge in [0.1, 0.15) is 5.76 Å². The summed E-state index contributed by atoms with van der Waals surface area (Å²) in [5, 5.41) is 20.7. The Balaban J connectivity index is 2.20. The van der Waals surface area contributed by atoms with E-state index in [9.17, 15) is 14.7 Å². The van der Waals surface area contributed by atoms with Crippen LogP contribution in [0.1, 0.15) is 25.3 Å². The van der Waals surface area contributed by atoms with Gasteiger partial charge in [0, 0.05) is 39.2 Å². The molecular formula is C23H20N2O3. The molecule has 1 aliphatic carbocycles. The van der Waals surface area contributed by atoms with Crippen LogP contribution in [0.3, 0.4) is 0 Å². The summed E-state index contributed by atoms with van der Waals surface area (Å²) in [6.07, 6.45) is 1.60. The van der Waals surface area contributed by atoms with E-state index in [1.165, 1.54) is 4.57 Å². The summed E-state index contributed by atoms with van der Waals surface area (Å²) >= 11 is 0. The largest absolute Gasteiger partial charge is 0.507 e. The SMILES string of the molecule is CCCCn1c(=O)c2c/c(=C(/O)c3ccccc3)c(=N)c3cccc(c3-2)c1=O. The molecule has 0 bridgehead atoms. The highest BCUT2D eigenvalue weighted by atomic mass is 16.3. The van der Waals surface area contributed by atoms with Gasteiger partial charge in [-0.15, -0.1) is 0 Å². The van der Waals surface area contributed by atoms with Gasteiger partial charge in [0.2, 0.25) is 0 Å². The maximum atomic E-state index is 13.1. The van der Waals surface area contributed by atoms with Crippen LogP contribution < -0.4 is 21.7 Å². The van der Waals surface area contributed by atoms with Crippen LogP contribution in [0.15, 0.2) is 64.2 Å². The van der Waals surface area contributed by atoms with Crippen molar-refractivity contribution in [2.45, 2.75) is 26.3 Å². The fraction of sp³-hybridized carbons (Fsp3) is 0.174. The zero-order valence-corrected chi connectivity index (χ0v) is 15.5. The molecule has 0 radical (unpaired) electrons. The van der Waals surface area contributed by atoms with Crippen molar-refractivity contribution in [1.29, 1.82) is 5.41 Å². The molecule has 2 aromatic rings. The number of rotatable bonds is 4. The Labute approximate surface area is 161 Å². The van der Waals surface area contributed by atoms with Gasteiger partial charge in [-0.2, -0.15) is 0 Å². The topological polar surface area (TPSA) is 83.2 Å². The van der Waals surface area contributed by atoms with Gasteiger partial charge in [0.15, 0.2) is 0 Å². The maximum Gasteiger partial charge on any atom is 0.261 e. The highest BCUT2D eigenvalue weighted by Crippen LogP contribution is 2.24. The van der Waals surface area contributed by atoms with Crippen molar-refractivity contribution >= 4 is 16.5 Å². The van der Waals surface area contributed by atoms with E-state index in [-0.39, 0.29) is 27.5 Å². The lowest BCUT2D eigenvalue weighted by atomic mass is 9.93. The molecule has 5 heteroatoms. The van der Waals surface area contributed by atoms with Gasteiger partial charge in [-0.25, -0.2) is 0 Å². The number of aliphatic hydroxyl groups excluding tert-OH is 1.